The second-order valence-electron chi connectivity index (χ2n) is 6.95. The highest BCUT2D eigenvalue weighted by atomic mass is 32.2. The number of nitrogens with zero attached hydrogens (tertiary/aromatic N) is 1. The van der Waals surface area contributed by atoms with Gasteiger partial charge in [0.25, 0.3) is 0 Å². The average molecular weight is 360 g/mol. The van der Waals surface area contributed by atoms with E-state index in [1.807, 2.05) is 6.07 Å². The zero-order chi connectivity index (χ0) is 17.6. The fraction of sp³-hybridized carbons (Fsp3) is 0.368. The number of hydrogen-bond acceptors (Lipinski definition) is 4. The summed E-state index contributed by atoms with van der Waals surface area (Å²) in [4.78, 5) is 2.54. The highest BCUT2D eigenvalue weighted by molar-refractivity contribution is 7.91. The maximum absolute atomic E-state index is 13.5. The van der Waals surface area contributed by atoms with E-state index in [4.69, 9.17) is 0 Å². The number of anilines is 1. The summed E-state index contributed by atoms with van der Waals surface area (Å²) < 4.78 is 39.2. The van der Waals surface area contributed by atoms with Crippen molar-refractivity contribution in [1.29, 1.82) is 0 Å². The van der Waals surface area contributed by atoms with Gasteiger partial charge in [-0.3, -0.25) is 0 Å². The van der Waals surface area contributed by atoms with Crippen molar-refractivity contribution in [2.75, 3.05) is 25.5 Å². The van der Waals surface area contributed by atoms with Crippen LogP contribution < -0.4 is 5.32 Å². The third-order valence-electron chi connectivity index (χ3n) is 5.31. The molecule has 2 heterocycles. The van der Waals surface area contributed by atoms with Crippen molar-refractivity contribution >= 4 is 15.5 Å². The normalized spacial score (nSPS) is 23.4. The molecule has 0 amide bonds. The van der Waals surface area contributed by atoms with E-state index in [1.165, 1.54) is 18.2 Å². The van der Waals surface area contributed by atoms with Crippen molar-refractivity contribution in [3.63, 3.8) is 0 Å². The van der Waals surface area contributed by atoms with Crippen molar-refractivity contribution in [3.8, 4) is 0 Å². The standard InChI is InChI=1S/C19H21FN2O2S/c1-22-9-7-16-17-12-15(5-6-18(17)21-19(16)8-10-22)25(23,24)14-4-2-3-13(20)11-14/h2-6,11-12,16,19,21H,7-10H2,1H3/t16-,19-/m0/s1. The molecule has 0 radical (unpaired) electrons. The SMILES string of the molecule is CN1CC[C@@H]2Nc3ccc(S(=O)(=O)c4cccc(F)c4)cc3[C@@H]2CC1. The van der Waals surface area contributed by atoms with Gasteiger partial charge in [0.2, 0.25) is 9.84 Å². The van der Waals surface area contributed by atoms with Gasteiger partial charge in [-0.2, -0.15) is 0 Å². The van der Waals surface area contributed by atoms with Crippen molar-refractivity contribution in [2.45, 2.75) is 34.6 Å². The topological polar surface area (TPSA) is 49.4 Å². The molecule has 4 nitrogen and oxygen atoms in total. The Labute approximate surface area is 147 Å². The lowest BCUT2D eigenvalue weighted by molar-refractivity contribution is 0.346. The van der Waals surface area contributed by atoms with Gasteiger partial charge in [-0.1, -0.05) is 6.07 Å². The van der Waals surface area contributed by atoms with Crippen LogP contribution in [0.4, 0.5) is 10.1 Å². The molecule has 1 fully saturated rings. The van der Waals surface area contributed by atoms with Gasteiger partial charge >= 0.3 is 0 Å². The summed E-state index contributed by atoms with van der Waals surface area (Å²) in [5.41, 5.74) is 2.09. The predicted molar refractivity (Wildman–Crippen MR) is 95.2 cm³/mol. The molecule has 1 saturated heterocycles. The summed E-state index contributed by atoms with van der Waals surface area (Å²) in [6, 6.07) is 10.8. The van der Waals surface area contributed by atoms with Crippen LogP contribution in [0.3, 0.4) is 0 Å². The molecule has 2 aliphatic rings. The van der Waals surface area contributed by atoms with E-state index in [2.05, 4.69) is 17.3 Å². The van der Waals surface area contributed by atoms with Crippen LogP contribution in [0.25, 0.3) is 0 Å². The molecule has 0 aliphatic carbocycles. The number of rotatable bonds is 2. The molecule has 2 aromatic rings. The summed E-state index contributed by atoms with van der Waals surface area (Å²) in [7, 11) is -1.60. The van der Waals surface area contributed by atoms with Crippen LogP contribution in [0.5, 0.6) is 0 Å². The quantitative estimate of drug-likeness (QED) is 0.893. The molecule has 0 bridgehead atoms. The fourth-order valence-electron chi connectivity index (χ4n) is 3.89. The molecule has 2 atom stereocenters. The van der Waals surface area contributed by atoms with Crippen molar-refractivity contribution in [3.05, 3.63) is 53.8 Å². The van der Waals surface area contributed by atoms with Gasteiger partial charge in [0.1, 0.15) is 5.82 Å². The number of sulfone groups is 1. The number of benzene rings is 2. The van der Waals surface area contributed by atoms with Gasteiger partial charge in [-0.25, -0.2) is 12.8 Å². The summed E-state index contributed by atoms with van der Waals surface area (Å²) in [6.45, 7) is 2.04. The molecule has 0 aromatic heterocycles. The zero-order valence-corrected chi connectivity index (χ0v) is 14.9. The van der Waals surface area contributed by atoms with Crippen LogP contribution in [-0.4, -0.2) is 39.5 Å². The Morgan fingerprint density at radius 2 is 1.84 bits per heavy atom. The largest absolute Gasteiger partial charge is 0.381 e. The van der Waals surface area contributed by atoms with Crippen molar-refractivity contribution < 1.29 is 12.8 Å². The van der Waals surface area contributed by atoms with Crippen LogP contribution in [0.2, 0.25) is 0 Å². The highest BCUT2D eigenvalue weighted by Crippen LogP contribution is 2.42. The van der Waals surface area contributed by atoms with Crippen molar-refractivity contribution in [2.24, 2.45) is 0 Å². The van der Waals surface area contributed by atoms with Gasteiger partial charge in [-0.15, -0.1) is 0 Å². The number of fused-ring (bicyclic) bond motifs is 3. The minimum absolute atomic E-state index is 0.00411. The van der Waals surface area contributed by atoms with Crippen LogP contribution in [-0.2, 0) is 9.84 Å². The smallest absolute Gasteiger partial charge is 0.206 e. The molecule has 132 valence electrons. The van der Waals surface area contributed by atoms with Gasteiger partial charge < -0.3 is 10.2 Å². The molecular formula is C19H21FN2O2S. The predicted octanol–water partition coefficient (Wildman–Crippen LogP) is 3.26. The first-order chi connectivity index (χ1) is 11.9. The third kappa shape index (κ3) is 2.93. The van der Waals surface area contributed by atoms with Crippen molar-refractivity contribution in [1.82, 2.24) is 4.90 Å². The zero-order valence-electron chi connectivity index (χ0n) is 14.1. The molecule has 4 rings (SSSR count). The summed E-state index contributed by atoms with van der Waals surface area (Å²) >= 11 is 0. The van der Waals surface area contributed by atoms with Gasteiger partial charge in [0.05, 0.1) is 9.79 Å². The monoisotopic (exact) mass is 360 g/mol. The second-order valence-corrected chi connectivity index (χ2v) is 8.90. The Balaban J connectivity index is 1.73. The summed E-state index contributed by atoms with van der Waals surface area (Å²) in [5.74, 6) is -0.224. The number of nitrogens with one attached hydrogen (secondary N) is 1. The first kappa shape index (κ1) is 16.5. The lowest BCUT2D eigenvalue weighted by atomic mass is 9.91. The van der Waals surface area contributed by atoms with E-state index < -0.39 is 15.7 Å². The molecule has 2 aliphatic heterocycles. The van der Waals surface area contributed by atoms with Gasteiger partial charge in [0, 0.05) is 17.6 Å². The molecule has 6 heteroatoms. The maximum atomic E-state index is 13.5. The first-order valence-corrected chi connectivity index (χ1v) is 10.0. The minimum atomic E-state index is -3.72. The van der Waals surface area contributed by atoms with E-state index in [9.17, 15) is 12.8 Å². The Morgan fingerprint density at radius 3 is 2.64 bits per heavy atom. The van der Waals surface area contributed by atoms with Crippen LogP contribution >= 0.6 is 0 Å². The number of halogens is 1. The van der Waals surface area contributed by atoms with E-state index in [0.29, 0.717) is 12.0 Å². The second kappa shape index (κ2) is 6.11. The molecule has 25 heavy (non-hydrogen) atoms. The minimum Gasteiger partial charge on any atom is -0.381 e. The lowest BCUT2D eigenvalue weighted by Gasteiger charge is -2.16. The highest BCUT2D eigenvalue weighted by Gasteiger charge is 2.34. The van der Waals surface area contributed by atoms with Crippen LogP contribution in [0, 0.1) is 5.82 Å². The summed E-state index contributed by atoms with van der Waals surface area (Å²) in [6.07, 6.45) is 2.05. The Hall–Kier alpha value is -1.92. The Bertz CT molecular complexity index is 913. The maximum Gasteiger partial charge on any atom is 0.206 e. The third-order valence-corrected chi connectivity index (χ3v) is 7.06. The van der Waals surface area contributed by atoms with E-state index in [0.717, 1.165) is 43.2 Å². The van der Waals surface area contributed by atoms with Gasteiger partial charge in [-0.05, 0) is 74.9 Å². The molecular weight excluding hydrogens is 339 g/mol. The van der Waals surface area contributed by atoms with E-state index in [1.54, 1.807) is 12.1 Å². The van der Waals surface area contributed by atoms with E-state index >= 15 is 0 Å². The Morgan fingerprint density at radius 1 is 1.08 bits per heavy atom. The fourth-order valence-corrected chi connectivity index (χ4v) is 5.22. The molecule has 2 aromatic carbocycles. The number of likely N-dealkylation sites (tertiary alicyclic amines) is 1. The molecule has 1 N–H and O–H groups in total. The lowest BCUT2D eigenvalue weighted by Crippen LogP contribution is -2.22. The molecule has 0 saturated carbocycles. The number of hydrogen-bond donors (Lipinski definition) is 1. The van der Waals surface area contributed by atoms with Crippen LogP contribution in [0.15, 0.2) is 52.3 Å². The average Bonchev–Trinajstić information content (AvgIpc) is 2.84. The molecule has 0 spiro atoms. The van der Waals surface area contributed by atoms with Crippen LogP contribution in [0.1, 0.15) is 24.3 Å². The Kier molecular flexibility index (Phi) is 4.04. The summed E-state index contributed by atoms with van der Waals surface area (Å²) in [5, 5.41) is 3.54. The molecule has 0 unspecified atom stereocenters. The van der Waals surface area contributed by atoms with E-state index in [-0.39, 0.29) is 9.79 Å². The first-order valence-electron chi connectivity index (χ1n) is 8.55. The van der Waals surface area contributed by atoms with Gasteiger partial charge in [0.15, 0.2) is 0 Å².